The van der Waals surface area contributed by atoms with Crippen molar-refractivity contribution in [3.63, 3.8) is 0 Å². The molecular weight excluding hydrogens is 170 g/mol. The van der Waals surface area contributed by atoms with Crippen molar-refractivity contribution in [3.05, 3.63) is 12.2 Å². The smallest absolute Gasteiger partial charge is 0.311 e. The van der Waals surface area contributed by atoms with Crippen LogP contribution in [0.4, 0.5) is 0 Å². The van der Waals surface area contributed by atoms with Gasteiger partial charge < -0.3 is 9.67 Å². The van der Waals surface area contributed by atoms with E-state index in [9.17, 15) is 4.79 Å². The van der Waals surface area contributed by atoms with Crippen LogP contribution in [0.1, 0.15) is 19.7 Å². The van der Waals surface area contributed by atoms with Crippen LogP contribution in [0.25, 0.3) is 0 Å². The Kier molecular flexibility index (Phi) is 3.00. The van der Waals surface area contributed by atoms with Crippen molar-refractivity contribution in [2.24, 2.45) is 5.92 Å². The molecule has 0 amide bonds. The Morgan fingerprint density at radius 1 is 1.69 bits per heavy atom. The van der Waals surface area contributed by atoms with Crippen molar-refractivity contribution in [2.75, 3.05) is 0 Å². The van der Waals surface area contributed by atoms with E-state index in [0.717, 1.165) is 6.54 Å². The molecule has 0 unspecified atom stereocenters. The molecule has 0 atom stereocenters. The van der Waals surface area contributed by atoms with Gasteiger partial charge in [0, 0.05) is 6.54 Å². The molecular formula is C8H13N3O2. The highest BCUT2D eigenvalue weighted by Crippen LogP contribution is 2.02. The summed E-state index contributed by atoms with van der Waals surface area (Å²) in [4.78, 5) is 10.4. The van der Waals surface area contributed by atoms with Crippen LogP contribution >= 0.6 is 0 Å². The van der Waals surface area contributed by atoms with E-state index in [2.05, 4.69) is 24.0 Å². The molecule has 0 fully saturated rings. The van der Waals surface area contributed by atoms with Crippen LogP contribution in [0.5, 0.6) is 0 Å². The van der Waals surface area contributed by atoms with Crippen molar-refractivity contribution in [1.29, 1.82) is 0 Å². The van der Waals surface area contributed by atoms with Gasteiger partial charge in [-0.15, -0.1) is 10.2 Å². The Hall–Kier alpha value is -1.39. The monoisotopic (exact) mass is 183 g/mol. The zero-order valence-electron chi connectivity index (χ0n) is 7.77. The van der Waals surface area contributed by atoms with Gasteiger partial charge in [-0.05, 0) is 5.92 Å². The third-order valence-corrected chi connectivity index (χ3v) is 1.57. The van der Waals surface area contributed by atoms with Gasteiger partial charge in [-0.25, -0.2) is 0 Å². The SMILES string of the molecule is CC(C)Cn1cnnc1CC(=O)O. The molecule has 13 heavy (non-hydrogen) atoms. The number of aliphatic carboxylic acids is 1. The second kappa shape index (κ2) is 4.02. The van der Waals surface area contributed by atoms with E-state index in [1.165, 1.54) is 0 Å². The van der Waals surface area contributed by atoms with Gasteiger partial charge in [0.1, 0.15) is 18.6 Å². The molecule has 1 aromatic heterocycles. The molecule has 0 bridgehead atoms. The Bertz CT molecular complexity index is 293. The van der Waals surface area contributed by atoms with Gasteiger partial charge in [-0.3, -0.25) is 4.79 Å². The summed E-state index contributed by atoms with van der Waals surface area (Å²) in [6, 6.07) is 0. The summed E-state index contributed by atoms with van der Waals surface area (Å²) < 4.78 is 1.78. The number of carbonyl (C=O) groups is 1. The van der Waals surface area contributed by atoms with Gasteiger partial charge in [0.15, 0.2) is 0 Å². The topological polar surface area (TPSA) is 68.0 Å². The third-order valence-electron chi connectivity index (χ3n) is 1.57. The second-order valence-corrected chi connectivity index (χ2v) is 3.36. The van der Waals surface area contributed by atoms with Crippen molar-refractivity contribution in [1.82, 2.24) is 14.8 Å². The molecule has 0 saturated heterocycles. The molecule has 0 radical (unpaired) electrons. The van der Waals surface area contributed by atoms with Gasteiger partial charge in [-0.1, -0.05) is 13.8 Å². The largest absolute Gasteiger partial charge is 0.481 e. The van der Waals surface area contributed by atoms with E-state index in [1.54, 1.807) is 10.9 Å². The van der Waals surface area contributed by atoms with Crippen LogP contribution in [0.2, 0.25) is 0 Å². The van der Waals surface area contributed by atoms with Gasteiger partial charge in [0.2, 0.25) is 0 Å². The molecule has 0 saturated carbocycles. The van der Waals surface area contributed by atoms with Crippen molar-refractivity contribution in [2.45, 2.75) is 26.8 Å². The quantitative estimate of drug-likeness (QED) is 0.740. The molecule has 0 spiro atoms. The fourth-order valence-corrected chi connectivity index (χ4v) is 1.10. The molecule has 1 N–H and O–H groups in total. The van der Waals surface area contributed by atoms with Crippen LogP contribution in [-0.2, 0) is 17.8 Å². The fourth-order valence-electron chi connectivity index (χ4n) is 1.10. The molecule has 1 heterocycles. The number of carboxylic acid groups (broad SMARTS) is 1. The maximum Gasteiger partial charge on any atom is 0.311 e. The zero-order valence-corrected chi connectivity index (χ0v) is 7.77. The van der Waals surface area contributed by atoms with Gasteiger partial charge in [-0.2, -0.15) is 0 Å². The number of rotatable bonds is 4. The number of nitrogens with zero attached hydrogens (tertiary/aromatic N) is 3. The lowest BCUT2D eigenvalue weighted by Crippen LogP contribution is -2.11. The lowest BCUT2D eigenvalue weighted by atomic mass is 10.2. The summed E-state index contributed by atoms with van der Waals surface area (Å²) in [7, 11) is 0. The van der Waals surface area contributed by atoms with Crippen LogP contribution in [0.3, 0.4) is 0 Å². The lowest BCUT2D eigenvalue weighted by Gasteiger charge is -2.07. The van der Waals surface area contributed by atoms with Gasteiger partial charge in [0.25, 0.3) is 0 Å². The number of carboxylic acids is 1. The summed E-state index contributed by atoms with van der Waals surface area (Å²) in [5.41, 5.74) is 0. The predicted molar refractivity (Wildman–Crippen MR) is 46.2 cm³/mol. The Morgan fingerprint density at radius 2 is 2.38 bits per heavy atom. The van der Waals surface area contributed by atoms with E-state index in [-0.39, 0.29) is 6.42 Å². The average Bonchev–Trinajstić information content (AvgIpc) is 2.34. The lowest BCUT2D eigenvalue weighted by molar-refractivity contribution is -0.136. The van der Waals surface area contributed by atoms with E-state index in [1.807, 2.05) is 0 Å². The minimum absolute atomic E-state index is 0.0628. The van der Waals surface area contributed by atoms with Gasteiger partial charge >= 0.3 is 5.97 Å². The van der Waals surface area contributed by atoms with Gasteiger partial charge in [0.05, 0.1) is 0 Å². The van der Waals surface area contributed by atoms with E-state index >= 15 is 0 Å². The highest BCUT2D eigenvalue weighted by molar-refractivity contribution is 5.68. The van der Waals surface area contributed by atoms with Crippen LogP contribution < -0.4 is 0 Å². The molecule has 1 rings (SSSR count). The zero-order chi connectivity index (χ0) is 9.84. The average molecular weight is 183 g/mol. The Labute approximate surface area is 76.4 Å². The van der Waals surface area contributed by atoms with Crippen molar-refractivity contribution < 1.29 is 9.90 Å². The first-order valence-electron chi connectivity index (χ1n) is 4.18. The van der Waals surface area contributed by atoms with E-state index < -0.39 is 5.97 Å². The fraction of sp³-hybridized carbons (Fsp3) is 0.625. The first kappa shape index (κ1) is 9.70. The maximum absolute atomic E-state index is 10.4. The molecule has 5 nitrogen and oxygen atoms in total. The number of aromatic nitrogens is 3. The maximum atomic E-state index is 10.4. The Morgan fingerprint density at radius 3 is 2.92 bits per heavy atom. The predicted octanol–water partition coefficient (Wildman–Crippen LogP) is 0.561. The number of hydrogen-bond donors (Lipinski definition) is 1. The summed E-state index contributed by atoms with van der Waals surface area (Å²) in [5, 5.41) is 16.0. The van der Waals surface area contributed by atoms with Crippen LogP contribution in [0, 0.1) is 5.92 Å². The highest BCUT2D eigenvalue weighted by atomic mass is 16.4. The van der Waals surface area contributed by atoms with E-state index in [0.29, 0.717) is 11.7 Å². The normalized spacial score (nSPS) is 10.7. The molecule has 1 aromatic rings. The summed E-state index contributed by atoms with van der Waals surface area (Å²) in [6.07, 6.45) is 1.50. The second-order valence-electron chi connectivity index (χ2n) is 3.36. The summed E-state index contributed by atoms with van der Waals surface area (Å²) in [5.74, 6) is 0.0998. The van der Waals surface area contributed by atoms with Crippen LogP contribution in [-0.4, -0.2) is 25.8 Å². The third kappa shape index (κ3) is 2.85. The molecule has 0 aliphatic carbocycles. The van der Waals surface area contributed by atoms with E-state index in [4.69, 9.17) is 5.11 Å². The standard InChI is InChI=1S/C8H13N3O2/c1-6(2)4-11-5-9-10-7(11)3-8(12)13/h5-6H,3-4H2,1-2H3,(H,12,13). The molecule has 0 aliphatic rings. The van der Waals surface area contributed by atoms with Crippen molar-refractivity contribution >= 4 is 5.97 Å². The Balaban J connectivity index is 2.71. The highest BCUT2D eigenvalue weighted by Gasteiger charge is 2.09. The molecule has 72 valence electrons. The molecule has 0 aromatic carbocycles. The first-order chi connectivity index (χ1) is 6.09. The first-order valence-corrected chi connectivity index (χ1v) is 4.18. The minimum atomic E-state index is -0.877. The summed E-state index contributed by atoms with van der Waals surface area (Å²) in [6.45, 7) is 4.88. The molecule has 5 heteroatoms. The minimum Gasteiger partial charge on any atom is -0.481 e. The number of hydrogen-bond acceptors (Lipinski definition) is 3. The molecule has 0 aliphatic heterocycles. The van der Waals surface area contributed by atoms with Crippen LogP contribution in [0.15, 0.2) is 6.33 Å². The summed E-state index contributed by atoms with van der Waals surface area (Å²) >= 11 is 0. The van der Waals surface area contributed by atoms with Crippen molar-refractivity contribution in [3.8, 4) is 0 Å².